The summed E-state index contributed by atoms with van der Waals surface area (Å²) in [6, 6.07) is 15.5. The van der Waals surface area contributed by atoms with E-state index in [2.05, 4.69) is 54.3 Å². The van der Waals surface area contributed by atoms with Gasteiger partial charge in [-0.2, -0.15) is 0 Å². The molecule has 2 heterocycles. The highest BCUT2D eigenvalue weighted by molar-refractivity contribution is 5.73. The van der Waals surface area contributed by atoms with E-state index >= 15 is 0 Å². The second-order valence-corrected chi connectivity index (χ2v) is 9.20. The van der Waals surface area contributed by atoms with Gasteiger partial charge >= 0.3 is 0 Å². The zero-order valence-electron chi connectivity index (χ0n) is 19.1. The monoisotopic (exact) mass is 420 g/mol. The number of nitrogens with zero attached hydrogens (tertiary/aromatic N) is 2. The number of carbonyl (C=O) groups is 1. The number of hydrogen-bond donors (Lipinski definition) is 0. The molecular weight excluding hydrogens is 384 g/mol. The van der Waals surface area contributed by atoms with Crippen LogP contribution in [0.5, 0.6) is 5.75 Å². The lowest BCUT2D eigenvalue weighted by atomic mass is 9.89. The first kappa shape index (κ1) is 21.9. The van der Waals surface area contributed by atoms with Crippen molar-refractivity contribution >= 4 is 5.91 Å². The highest BCUT2D eigenvalue weighted by atomic mass is 16.5. The number of aryl methyl sites for hydroxylation is 2. The van der Waals surface area contributed by atoms with Crippen LogP contribution in [0.25, 0.3) is 0 Å². The zero-order valence-corrected chi connectivity index (χ0v) is 19.1. The third-order valence-corrected chi connectivity index (χ3v) is 6.88. The van der Waals surface area contributed by atoms with E-state index in [1.54, 1.807) is 6.92 Å². The van der Waals surface area contributed by atoms with Gasteiger partial charge in [0.2, 0.25) is 5.91 Å². The Hall–Kier alpha value is -2.33. The van der Waals surface area contributed by atoms with Gasteiger partial charge in [0.1, 0.15) is 5.75 Å². The normalized spacial score (nSPS) is 17.8. The number of hydrogen-bond acceptors (Lipinski definition) is 3. The average molecular weight is 421 g/mol. The van der Waals surface area contributed by atoms with E-state index in [0.29, 0.717) is 12.5 Å². The van der Waals surface area contributed by atoms with Crippen molar-refractivity contribution in [2.75, 3.05) is 32.8 Å². The molecule has 0 aromatic heterocycles. The van der Waals surface area contributed by atoms with Crippen molar-refractivity contribution in [3.63, 3.8) is 0 Å². The largest absolute Gasteiger partial charge is 0.494 e. The maximum Gasteiger partial charge on any atom is 0.219 e. The first-order chi connectivity index (χ1) is 15.1. The standard InChI is InChI=1S/C27H36N2O2/c1-21-6-8-24(9-7-21)25-12-16-28(17-13-25)14-4-18-31-27-11-10-23-5-3-15-29(22(2)30)20-26(23)19-27/h6-11,19,25H,3-5,12-18,20H2,1-2H3. The smallest absolute Gasteiger partial charge is 0.219 e. The van der Waals surface area contributed by atoms with Crippen LogP contribution in [0.15, 0.2) is 42.5 Å². The number of benzene rings is 2. The summed E-state index contributed by atoms with van der Waals surface area (Å²) in [4.78, 5) is 16.3. The van der Waals surface area contributed by atoms with Gasteiger partial charge in [0.25, 0.3) is 0 Å². The lowest BCUT2D eigenvalue weighted by Gasteiger charge is -2.32. The minimum atomic E-state index is 0.158. The summed E-state index contributed by atoms with van der Waals surface area (Å²) < 4.78 is 6.07. The van der Waals surface area contributed by atoms with Gasteiger partial charge in [0, 0.05) is 26.6 Å². The van der Waals surface area contributed by atoms with E-state index in [4.69, 9.17) is 4.74 Å². The van der Waals surface area contributed by atoms with Crippen LogP contribution in [0.3, 0.4) is 0 Å². The van der Waals surface area contributed by atoms with Crippen molar-refractivity contribution in [3.8, 4) is 5.75 Å². The van der Waals surface area contributed by atoms with Gasteiger partial charge in [0.05, 0.1) is 6.61 Å². The summed E-state index contributed by atoms with van der Waals surface area (Å²) >= 11 is 0. The van der Waals surface area contributed by atoms with Crippen LogP contribution in [0.1, 0.15) is 60.8 Å². The molecular formula is C27H36N2O2. The van der Waals surface area contributed by atoms with Crippen molar-refractivity contribution in [2.45, 2.75) is 58.4 Å². The number of rotatable bonds is 6. The molecule has 1 fully saturated rings. The molecule has 0 N–H and O–H groups in total. The van der Waals surface area contributed by atoms with Crippen LogP contribution in [0.4, 0.5) is 0 Å². The third-order valence-electron chi connectivity index (χ3n) is 6.88. The fraction of sp³-hybridized carbons (Fsp3) is 0.519. The van der Waals surface area contributed by atoms with Crippen LogP contribution in [0, 0.1) is 6.92 Å². The summed E-state index contributed by atoms with van der Waals surface area (Å²) in [5.41, 5.74) is 5.43. The SMILES string of the molecule is CC(=O)N1CCCc2ccc(OCCCN3CCC(c4ccc(C)cc4)CC3)cc2C1. The topological polar surface area (TPSA) is 32.8 Å². The molecule has 1 amide bonds. The van der Waals surface area contributed by atoms with Crippen molar-refractivity contribution in [2.24, 2.45) is 0 Å². The fourth-order valence-electron chi connectivity index (χ4n) is 4.90. The van der Waals surface area contributed by atoms with Gasteiger partial charge in [-0.05, 0) is 86.9 Å². The Bertz CT molecular complexity index is 869. The second-order valence-electron chi connectivity index (χ2n) is 9.20. The lowest BCUT2D eigenvalue weighted by molar-refractivity contribution is -0.129. The Morgan fingerprint density at radius 3 is 2.55 bits per heavy atom. The molecule has 0 unspecified atom stereocenters. The Morgan fingerprint density at radius 1 is 1.03 bits per heavy atom. The average Bonchev–Trinajstić information content (AvgIpc) is 3.00. The van der Waals surface area contributed by atoms with Gasteiger partial charge in [0.15, 0.2) is 0 Å². The van der Waals surface area contributed by atoms with E-state index in [9.17, 15) is 4.79 Å². The van der Waals surface area contributed by atoms with Crippen LogP contribution in [-0.2, 0) is 17.8 Å². The molecule has 0 atom stereocenters. The molecule has 0 spiro atoms. The first-order valence-electron chi connectivity index (χ1n) is 11.9. The molecule has 2 aromatic rings. The highest BCUT2D eigenvalue weighted by Gasteiger charge is 2.20. The Kier molecular flexibility index (Phi) is 7.29. The number of amides is 1. The first-order valence-corrected chi connectivity index (χ1v) is 11.9. The molecule has 0 aliphatic carbocycles. The highest BCUT2D eigenvalue weighted by Crippen LogP contribution is 2.28. The lowest BCUT2D eigenvalue weighted by Crippen LogP contribution is -2.34. The van der Waals surface area contributed by atoms with Gasteiger partial charge < -0.3 is 14.5 Å². The van der Waals surface area contributed by atoms with E-state index in [1.807, 2.05) is 4.90 Å². The molecule has 2 aliphatic rings. The number of carbonyl (C=O) groups excluding carboxylic acids is 1. The number of ether oxygens (including phenoxy) is 1. The Labute approximate surface area is 187 Å². The van der Waals surface area contributed by atoms with E-state index in [-0.39, 0.29) is 5.91 Å². The minimum Gasteiger partial charge on any atom is -0.494 e. The molecule has 31 heavy (non-hydrogen) atoms. The van der Waals surface area contributed by atoms with E-state index in [1.165, 1.54) is 48.2 Å². The maximum atomic E-state index is 11.8. The summed E-state index contributed by atoms with van der Waals surface area (Å²) in [7, 11) is 0. The predicted molar refractivity (Wildman–Crippen MR) is 126 cm³/mol. The summed E-state index contributed by atoms with van der Waals surface area (Å²) in [5, 5.41) is 0. The molecule has 4 heteroatoms. The summed E-state index contributed by atoms with van der Waals surface area (Å²) in [6.45, 7) is 9.57. The van der Waals surface area contributed by atoms with Crippen LogP contribution in [0.2, 0.25) is 0 Å². The zero-order chi connectivity index (χ0) is 21.6. The second kappa shape index (κ2) is 10.3. The van der Waals surface area contributed by atoms with Gasteiger partial charge in [-0.25, -0.2) is 0 Å². The molecule has 4 nitrogen and oxygen atoms in total. The molecule has 1 saturated heterocycles. The van der Waals surface area contributed by atoms with Gasteiger partial charge in [-0.3, -0.25) is 4.79 Å². The molecule has 0 saturated carbocycles. The maximum absolute atomic E-state index is 11.8. The molecule has 166 valence electrons. The fourth-order valence-corrected chi connectivity index (χ4v) is 4.90. The van der Waals surface area contributed by atoms with Gasteiger partial charge in [-0.15, -0.1) is 0 Å². The number of fused-ring (bicyclic) bond motifs is 1. The van der Waals surface area contributed by atoms with Crippen LogP contribution in [-0.4, -0.2) is 48.5 Å². The molecule has 0 radical (unpaired) electrons. The number of likely N-dealkylation sites (tertiary alicyclic amines) is 1. The Balaban J connectivity index is 1.20. The Morgan fingerprint density at radius 2 is 1.81 bits per heavy atom. The predicted octanol–water partition coefficient (Wildman–Crippen LogP) is 4.94. The summed E-state index contributed by atoms with van der Waals surface area (Å²) in [6.07, 6.45) is 5.62. The molecule has 2 aromatic carbocycles. The van der Waals surface area contributed by atoms with E-state index < -0.39 is 0 Å². The van der Waals surface area contributed by atoms with Crippen molar-refractivity contribution in [1.29, 1.82) is 0 Å². The van der Waals surface area contributed by atoms with Crippen molar-refractivity contribution in [1.82, 2.24) is 9.80 Å². The minimum absolute atomic E-state index is 0.158. The van der Waals surface area contributed by atoms with Crippen LogP contribution >= 0.6 is 0 Å². The quantitative estimate of drug-likeness (QED) is 0.621. The molecule has 2 aliphatic heterocycles. The van der Waals surface area contributed by atoms with Crippen LogP contribution < -0.4 is 4.74 Å². The molecule has 0 bridgehead atoms. The van der Waals surface area contributed by atoms with E-state index in [0.717, 1.165) is 44.7 Å². The van der Waals surface area contributed by atoms with Crippen molar-refractivity contribution in [3.05, 3.63) is 64.7 Å². The number of piperidine rings is 1. The molecule has 4 rings (SSSR count). The van der Waals surface area contributed by atoms with Crippen molar-refractivity contribution < 1.29 is 9.53 Å². The summed E-state index contributed by atoms with van der Waals surface area (Å²) in [5.74, 6) is 1.80. The van der Waals surface area contributed by atoms with Gasteiger partial charge in [-0.1, -0.05) is 35.9 Å². The third kappa shape index (κ3) is 5.88.